The second kappa shape index (κ2) is 5.93. The van der Waals surface area contributed by atoms with Crippen molar-refractivity contribution in [2.24, 2.45) is 5.41 Å². The molecular formula is C15H26N4O2. The third-order valence-corrected chi connectivity index (χ3v) is 5.28. The Hall–Kier alpha value is -1.14. The zero-order chi connectivity index (χ0) is 14.9. The number of carbonyl (C=O) groups excluding carboxylic acids is 2. The number of nitrogens with one attached hydrogen (secondary N) is 2. The fraction of sp³-hybridized carbons (Fsp3) is 0.867. The van der Waals surface area contributed by atoms with E-state index in [1.807, 2.05) is 0 Å². The third kappa shape index (κ3) is 3.21. The Morgan fingerprint density at radius 1 is 1.33 bits per heavy atom. The van der Waals surface area contributed by atoms with Crippen molar-refractivity contribution in [1.82, 2.24) is 20.4 Å². The Labute approximate surface area is 126 Å². The fourth-order valence-corrected chi connectivity index (χ4v) is 4.06. The van der Waals surface area contributed by atoms with E-state index in [0.717, 1.165) is 19.6 Å². The minimum Gasteiger partial charge on any atom is -0.353 e. The van der Waals surface area contributed by atoms with Gasteiger partial charge >= 0.3 is 0 Å². The molecule has 118 valence electrons. The largest absolute Gasteiger partial charge is 0.353 e. The number of rotatable bonds is 2. The highest BCUT2D eigenvalue weighted by atomic mass is 16.2. The molecule has 0 aromatic carbocycles. The van der Waals surface area contributed by atoms with Crippen LogP contribution in [0, 0.1) is 5.41 Å². The Morgan fingerprint density at radius 3 is 2.81 bits per heavy atom. The van der Waals surface area contributed by atoms with Crippen LogP contribution in [0.3, 0.4) is 0 Å². The zero-order valence-electron chi connectivity index (χ0n) is 12.9. The summed E-state index contributed by atoms with van der Waals surface area (Å²) < 4.78 is 0. The summed E-state index contributed by atoms with van der Waals surface area (Å²) in [6.45, 7) is 7.35. The maximum absolute atomic E-state index is 12.4. The van der Waals surface area contributed by atoms with Gasteiger partial charge in [-0.1, -0.05) is 0 Å². The van der Waals surface area contributed by atoms with E-state index in [1.165, 1.54) is 19.3 Å². The minimum atomic E-state index is -0.0427. The molecule has 3 rings (SSSR count). The van der Waals surface area contributed by atoms with Gasteiger partial charge in [-0.05, 0) is 44.7 Å². The van der Waals surface area contributed by atoms with Gasteiger partial charge in [-0.3, -0.25) is 14.5 Å². The highest BCUT2D eigenvalue weighted by molar-refractivity contribution is 5.86. The summed E-state index contributed by atoms with van der Waals surface area (Å²) in [6.07, 6.45) is 3.63. The number of piperidine rings is 1. The van der Waals surface area contributed by atoms with Crippen LogP contribution in [0.15, 0.2) is 0 Å². The van der Waals surface area contributed by atoms with Crippen LogP contribution >= 0.6 is 0 Å². The van der Waals surface area contributed by atoms with Crippen molar-refractivity contribution in [2.45, 2.75) is 32.2 Å². The normalized spacial score (nSPS) is 29.7. The van der Waals surface area contributed by atoms with Crippen LogP contribution < -0.4 is 10.6 Å². The van der Waals surface area contributed by atoms with Gasteiger partial charge in [0, 0.05) is 25.7 Å². The summed E-state index contributed by atoms with van der Waals surface area (Å²) in [4.78, 5) is 27.8. The number of amides is 2. The summed E-state index contributed by atoms with van der Waals surface area (Å²) in [5, 5.41) is 6.19. The Balaban J connectivity index is 1.57. The lowest BCUT2D eigenvalue weighted by Gasteiger charge is -2.34. The van der Waals surface area contributed by atoms with Gasteiger partial charge in [-0.15, -0.1) is 0 Å². The molecule has 3 aliphatic heterocycles. The van der Waals surface area contributed by atoms with Gasteiger partial charge in [0.25, 0.3) is 0 Å². The number of nitrogens with zero attached hydrogens (tertiary/aromatic N) is 2. The van der Waals surface area contributed by atoms with Crippen molar-refractivity contribution < 1.29 is 9.59 Å². The molecule has 3 saturated heterocycles. The van der Waals surface area contributed by atoms with E-state index in [9.17, 15) is 9.59 Å². The summed E-state index contributed by atoms with van der Waals surface area (Å²) in [7, 11) is 0. The second-order valence-corrected chi connectivity index (χ2v) is 6.87. The summed E-state index contributed by atoms with van der Waals surface area (Å²) in [6, 6.07) is 0.464. The summed E-state index contributed by atoms with van der Waals surface area (Å²) in [5.74, 6) is 0.0570. The molecular weight excluding hydrogens is 268 g/mol. The molecule has 1 spiro atoms. The average molecular weight is 294 g/mol. The number of piperazine rings is 1. The molecule has 1 atom stereocenters. The molecule has 2 N–H and O–H groups in total. The lowest BCUT2D eigenvalue weighted by atomic mass is 9.77. The summed E-state index contributed by atoms with van der Waals surface area (Å²) in [5.41, 5.74) is 0.407. The van der Waals surface area contributed by atoms with Crippen LogP contribution in [-0.2, 0) is 9.59 Å². The number of carbonyl (C=O) groups is 2. The predicted octanol–water partition coefficient (Wildman–Crippen LogP) is -0.591. The van der Waals surface area contributed by atoms with Gasteiger partial charge in [0.2, 0.25) is 11.8 Å². The van der Waals surface area contributed by atoms with E-state index in [2.05, 4.69) is 22.5 Å². The third-order valence-electron chi connectivity index (χ3n) is 5.28. The second-order valence-electron chi connectivity index (χ2n) is 6.87. The van der Waals surface area contributed by atoms with Crippen LogP contribution in [0.5, 0.6) is 0 Å². The van der Waals surface area contributed by atoms with E-state index >= 15 is 0 Å². The van der Waals surface area contributed by atoms with Crippen molar-refractivity contribution in [2.75, 3.05) is 45.8 Å². The maximum atomic E-state index is 12.4. The van der Waals surface area contributed by atoms with Crippen molar-refractivity contribution in [3.8, 4) is 0 Å². The van der Waals surface area contributed by atoms with Crippen molar-refractivity contribution in [1.29, 1.82) is 0 Å². The molecule has 0 radical (unpaired) electrons. The standard InChI is InChI=1S/C15H26N4O2/c1-12-8-15(2-4-16-5-3-15)11-19(12)10-14(21)18-7-6-17-13(20)9-18/h12,16H,2-11H2,1H3,(H,17,20). The molecule has 0 bridgehead atoms. The van der Waals surface area contributed by atoms with Gasteiger partial charge in [0.15, 0.2) is 0 Å². The van der Waals surface area contributed by atoms with Gasteiger partial charge < -0.3 is 15.5 Å². The van der Waals surface area contributed by atoms with Gasteiger partial charge in [0.05, 0.1) is 13.1 Å². The SMILES string of the molecule is CC1CC2(CCNCC2)CN1CC(=O)N1CCNC(=O)C1. The average Bonchev–Trinajstić information content (AvgIpc) is 2.75. The van der Waals surface area contributed by atoms with Crippen LogP contribution in [0.2, 0.25) is 0 Å². The molecule has 3 fully saturated rings. The molecule has 0 aromatic heterocycles. The Bertz CT molecular complexity index is 420. The van der Waals surface area contributed by atoms with Crippen LogP contribution in [0.25, 0.3) is 0 Å². The highest BCUT2D eigenvalue weighted by Crippen LogP contribution is 2.41. The van der Waals surface area contributed by atoms with Crippen molar-refractivity contribution in [3.05, 3.63) is 0 Å². The van der Waals surface area contributed by atoms with Crippen LogP contribution in [0.4, 0.5) is 0 Å². The first-order valence-corrected chi connectivity index (χ1v) is 8.07. The molecule has 21 heavy (non-hydrogen) atoms. The molecule has 0 aliphatic carbocycles. The number of likely N-dealkylation sites (tertiary alicyclic amines) is 1. The van der Waals surface area contributed by atoms with Gasteiger partial charge in [0.1, 0.15) is 0 Å². The fourth-order valence-electron chi connectivity index (χ4n) is 4.06. The topological polar surface area (TPSA) is 64.7 Å². The van der Waals surface area contributed by atoms with Crippen molar-refractivity contribution >= 4 is 11.8 Å². The van der Waals surface area contributed by atoms with E-state index in [1.54, 1.807) is 4.90 Å². The van der Waals surface area contributed by atoms with E-state index in [0.29, 0.717) is 31.1 Å². The van der Waals surface area contributed by atoms with Crippen LogP contribution in [-0.4, -0.2) is 73.5 Å². The number of hydrogen-bond donors (Lipinski definition) is 2. The maximum Gasteiger partial charge on any atom is 0.239 e. The molecule has 3 aliphatic rings. The molecule has 6 nitrogen and oxygen atoms in total. The Kier molecular flexibility index (Phi) is 4.17. The van der Waals surface area contributed by atoms with E-state index < -0.39 is 0 Å². The summed E-state index contributed by atoms with van der Waals surface area (Å²) >= 11 is 0. The van der Waals surface area contributed by atoms with Crippen molar-refractivity contribution in [3.63, 3.8) is 0 Å². The molecule has 0 aromatic rings. The molecule has 0 saturated carbocycles. The molecule has 1 unspecified atom stereocenters. The highest BCUT2D eigenvalue weighted by Gasteiger charge is 2.43. The minimum absolute atomic E-state index is 0.0427. The molecule has 3 heterocycles. The first-order chi connectivity index (χ1) is 10.1. The van der Waals surface area contributed by atoms with Crippen LogP contribution in [0.1, 0.15) is 26.2 Å². The quantitative estimate of drug-likeness (QED) is 0.714. The lowest BCUT2D eigenvalue weighted by molar-refractivity contribution is -0.139. The first kappa shape index (κ1) is 14.8. The monoisotopic (exact) mass is 294 g/mol. The molecule has 6 heteroatoms. The van der Waals surface area contributed by atoms with Gasteiger partial charge in [-0.2, -0.15) is 0 Å². The molecule has 2 amide bonds. The number of hydrogen-bond acceptors (Lipinski definition) is 4. The zero-order valence-corrected chi connectivity index (χ0v) is 12.9. The Morgan fingerprint density at radius 2 is 2.10 bits per heavy atom. The predicted molar refractivity (Wildman–Crippen MR) is 79.8 cm³/mol. The van der Waals surface area contributed by atoms with E-state index in [-0.39, 0.29) is 18.4 Å². The lowest BCUT2D eigenvalue weighted by Crippen LogP contribution is -2.52. The van der Waals surface area contributed by atoms with E-state index in [4.69, 9.17) is 0 Å². The first-order valence-electron chi connectivity index (χ1n) is 8.07. The van der Waals surface area contributed by atoms with Gasteiger partial charge in [-0.25, -0.2) is 0 Å². The smallest absolute Gasteiger partial charge is 0.239 e.